The van der Waals surface area contributed by atoms with Crippen molar-refractivity contribution in [2.24, 2.45) is 0 Å². The zero-order chi connectivity index (χ0) is 13.6. The zero-order valence-corrected chi connectivity index (χ0v) is 11.6. The molecule has 2 N–H and O–H groups in total. The molecular formula is C15H14N4S. The molecule has 0 aliphatic rings. The minimum atomic E-state index is 0.597. The van der Waals surface area contributed by atoms with Gasteiger partial charge in [-0.1, -0.05) is 36.4 Å². The van der Waals surface area contributed by atoms with Gasteiger partial charge in [0, 0.05) is 10.6 Å². The van der Waals surface area contributed by atoms with Crippen molar-refractivity contribution in [3.05, 3.63) is 66.5 Å². The van der Waals surface area contributed by atoms with Crippen molar-refractivity contribution in [1.82, 2.24) is 15.2 Å². The predicted molar refractivity (Wildman–Crippen MR) is 82.1 cm³/mol. The Balaban J connectivity index is 1.60. The average molecular weight is 282 g/mol. The van der Waals surface area contributed by atoms with Gasteiger partial charge in [-0.2, -0.15) is 4.98 Å². The van der Waals surface area contributed by atoms with Crippen molar-refractivity contribution in [3.63, 3.8) is 0 Å². The Morgan fingerprint density at radius 1 is 0.950 bits per heavy atom. The molecule has 0 saturated carbocycles. The van der Waals surface area contributed by atoms with Gasteiger partial charge >= 0.3 is 0 Å². The number of rotatable bonds is 5. The molecule has 0 unspecified atom stereocenters. The van der Waals surface area contributed by atoms with Gasteiger partial charge in [0.15, 0.2) is 0 Å². The number of nitrogens with one attached hydrogen (secondary N) is 2. The summed E-state index contributed by atoms with van der Waals surface area (Å²) in [7, 11) is 0. The lowest BCUT2D eigenvalue weighted by Gasteiger charge is -1.99. The van der Waals surface area contributed by atoms with Gasteiger partial charge in [0.1, 0.15) is 5.82 Å². The van der Waals surface area contributed by atoms with Crippen LogP contribution in [0.5, 0.6) is 0 Å². The molecule has 5 heteroatoms. The van der Waals surface area contributed by atoms with Crippen molar-refractivity contribution in [2.75, 3.05) is 5.32 Å². The summed E-state index contributed by atoms with van der Waals surface area (Å²) < 4.78 is 0. The third-order valence-electron chi connectivity index (χ3n) is 2.68. The summed E-state index contributed by atoms with van der Waals surface area (Å²) in [5.41, 5.74) is 0.980. The minimum Gasteiger partial charge on any atom is -0.323 e. The minimum absolute atomic E-state index is 0.597. The molecule has 3 rings (SSSR count). The summed E-state index contributed by atoms with van der Waals surface area (Å²) >= 11 is 1.73. The smallest absolute Gasteiger partial charge is 0.246 e. The van der Waals surface area contributed by atoms with E-state index < -0.39 is 0 Å². The van der Waals surface area contributed by atoms with E-state index in [1.165, 1.54) is 4.90 Å². The largest absolute Gasteiger partial charge is 0.323 e. The molecule has 0 spiro atoms. The number of nitrogens with zero attached hydrogens (tertiary/aromatic N) is 2. The van der Waals surface area contributed by atoms with E-state index in [0.717, 1.165) is 17.3 Å². The molecule has 0 amide bonds. The van der Waals surface area contributed by atoms with E-state index in [2.05, 4.69) is 32.6 Å². The number of benzene rings is 2. The molecule has 1 heterocycles. The van der Waals surface area contributed by atoms with Crippen LogP contribution in [0.1, 0.15) is 5.82 Å². The second-order valence-corrected chi connectivity index (χ2v) is 5.25. The van der Waals surface area contributed by atoms with Crippen molar-refractivity contribution < 1.29 is 0 Å². The van der Waals surface area contributed by atoms with Crippen molar-refractivity contribution in [3.8, 4) is 0 Å². The standard InChI is InChI=1S/C15H14N4S/c1-3-7-12(8-4-1)16-15-17-14(18-19-15)11-20-13-9-5-2-6-10-13/h1-10H,11H2,(H2,16,17,18,19). The van der Waals surface area contributed by atoms with Crippen LogP contribution >= 0.6 is 11.8 Å². The maximum absolute atomic E-state index is 4.42. The lowest BCUT2D eigenvalue weighted by atomic mass is 10.3. The summed E-state index contributed by atoms with van der Waals surface area (Å²) in [5, 5.41) is 10.3. The molecule has 100 valence electrons. The summed E-state index contributed by atoms with van der Waals surface area (Å²) in [6.07, 6.45) is 0. The molecule has 4 nitrogen and oxygen atoms in total. The molecule has 20 heavy (non-hydrogen) atoms. The highest BCUT2D eigenvalue weighted by atomic mass is 32.2. The molecule has 0 aliphatic heterocycles. The maximum Gasteiger partial charge on any atom is 0.246 e. The third-order valence-corrected chi connectivity index (χ3v) is 3.70. The first-order chi connectivity index (χ1) is 9.90. The normalized spacial score (nSPS) is 10.4. The van der Waals surface area contributed by atoms with Crippen LogP contribution in [0.3, 0.4) is 0 Å². The second-order valence-electron chi connectivity index (χ2n) is 4.20. The van der Waals surface area contributed by atoms with E-state index in [1.54, 1.807) is 11.8 Å². The van der Waals surface area contributed by atoms with E-state index in [4.69, 9.17) is 0 Å². The van der Waals surface area contributed by atoms with Gasteiger partial charge in [0.2, 0.25) is 5.95 Å². The molecule has 1 aromatic heterocycles. The first-order valence-corrected chi connectivity index (χ1v) is 7.30. The zero-order valence-electron chi connectivity index (χ0n) is 10.8. The number of aromatic nitrogens is 3. The maximum atomic E-state index is 4.42. The van der Waals surface area contributed by atoms with Gasteiger partial charge in [-0.15, -0.1) is 16.9 Å². The Kier molecular flexibility index (Phi) is 3.99. The number of thioether (sulfide) groups is 1. The molecule has 0 fully saturated rings. The molecule has 0 aliphatic carbocycles. The Morgan fingerprint density at radius 3 is 2.40 bits per heavy atom. The SMILES string of the molecule is c1ccc(Nc2n[nH]c(CSc3ccccc3)n2)cc1. The summed E-state index contributed by atoms with van der Waals surface area (Å²) in [6.45, 7) is 0. The van der Waals surface area contributed by atoms with Gasteiger partial charge in [-0.05, 0) is 24.3 Å². The highest BCUT2D eigenvalue weighted by Gasteiger charge is 2.03. The number of para-hydroxylation sites is 1. The molecule has 0 bridgehead atoms. The van der Waals surface area contributed by atoms with E-state index >= 15 is 0 Å². The first kappa shape index (κ1) is 12.7. The number of aromatic amines is 1. The fourth-order valence-corrected chi connectivity index (χ4v) is 2.52. The second kappa shape index (κ2) is 6.25. The highest BCUT2D eigenvalue weighted by Crippen LogP contribution is 2.21. The molecule has 0 atom stereocenters. The lowest BCUT2D eigenvalue weighted by molar-refractivity contribution is 1.03. The fraction of sp³-hybridized carbons (Fsp3) is 0.0667. The average Bonchev–Trinajstić information content (AvgIpc) is 2.95. The Morgan fingerprint density at radius 2 is 1.65 bits per heavy atom. The van der Waals surface area contributed by atoms with Crippen LogP contribution in [-0.4, -0.2) is 15.2 Å². The fourth-order valence-electron chi connectivity index (χ4n) is 1.73. The quantitative estimate of drug-likeness (QED) is 0.698. The number of H-pyrrole nitrogens is 1. The van der Waals surface area contributed by atoms with Gasteiger partial charge < -0.3 is 5.32 Å². The van der Waals surface area contributed by atoms with Gasteiger partial charge in [0.25, 0.3) is 0 Å². The third kappa shape index (κ3) is 3.39. The summed E-state index contributed by atoms with van der Waals surface area (Å²) in [5.74, 6) is 2.23. The van der Waals surface area contributed by atoms with Crippen LogP contribution in [0.2, 0.25) is 0 Å². The number of hydrogen-bond donors (Lipinski definition) is 2. The van der Waals surface area contributed by atoms with E-state index in [-0.39, 0.29) is 0 Å². The highest BCUT2D eigenvalue weighted by molar-refractivity contribution is 7.98. The van der Waals surface area contributed by atoms with Crippen molar-refractivity contribution in [2.45, 2.75) is 10.6 Å². The first-order valence-electron chi connectivity index (χ1n) is 6.31. The molecule has 0 saturated heterocycles. The van der Waals surface area contributed by atoms with Gasteiger partial charge in [-0.3, -0.25) is 5.10 Å². The number of hydrogen-bond acceptors (Lipinski definition) is 4. The van der Waals surface area contributed by atoms with Crippen LogP contribution in [0.25, 0.3) is 0 Å². The van der Waals surface area contributed by atoms with E-state index in [1.807, 2.05) is 48.5 Å². The van der Waals surface area contributed by atoms with Gasteiger partial charge in [-0.25, -0.2) is 0 Å². The van der Waals surface area contributed by atoms with E-state index in [9.17, 15) is 0 Å². The van der Waals surface area contributed by atoms with Crippen molar-refractivity contribution in [1.29, 1.82) is 0 Å². The number of anilines is 2. The molecular weight excluding hydrogens is 268 g/mol. The molecule has 3 aromatic rings. The van der Waals surface area contributed by atoms with Gasteiger partial charge in [0.05, 0.1) is 5.75 Å². The Labute approximate surface area is 121 Å². The van der Waals surface area contributed by atoms with Crippen LogP contribution in [0, 0.1) is 0 Å². The molecule has 2 aromatic carbocycles. The topological polar surface area (TPSA) is 53.6 Å². The Hall–Kier alpha value is -2.27. The summed E-state index contributed by atoms with van der Waals surface area (Å²) in [6, 6.07) is 20.1. The van der Waals surface area contributed by atoms with Crippen LogP contribution in [-0.2, 0) is 5.75 Å². The van der Waals surface area contributed by atoms with E-state index in [0.29, 0.717) is 5.95 Å². The monoisotopic (exact) mass is 282 g/mol. The van der Waals surface area contributed by atoms with Crippen LogP contribution in [0.4, 0.5) is 11.6 Å². The predicted octanol–water partition coefficient (Wildman–Crippen LogP) is 3.84. The van der Waals surface area contributed by atoms with Crippen molar-refractivity contribution >= 4 is 23.4 Å². The van der Waals surface area contributed by atoms with Crippen LogP contribution in [0.15, 0.2) is 65.6 Å². The summed E-state index contributed by atoms with van der Waals surface area (Å²) in [4.78, 5) is 5.65. The lowest BCUT2D eigenvalue weighted by Crippen LogP contribution is -1.91. The molecule has 0 radical (unpaired) electrons. The van der Waals surface area contributed by atoms with Crippen LogP contribution < -0.4 is 5.32 Å². The Bertz CT molecular complexity index is 652.